The molecule has 6 nitrogen and oxygen atoms in total. The van der Waals surface area contributed by atoms with Gasteiger partial charge < -0.3 is 30.5 Å². The van der Waals surface area contributed by atoms with Gasteiger partial charge in [0.1, 0.15) is 18.3 Å². The zero-order chi connectivity index (χ0) is 10.0. The maximum Gasteiger partial charge on any atom is 0.175 e. The van der Waals surface area contributed by atoms with Crippen molar-refractivity contribution in [3.05, 3.63) is 0 Å². The molecule has 2 unspecified atom stereocenters. The van der Waals surface area contributed by atoms with E-state index < -0.39 is 30.6 Å². The summed E-state index contributed by atoms with van der Waals surface area (Å²) in [6.45, 7) is -0.384. The van der Waals surface area contributed by atoms with Crippen LogP contribution in [0.15, 0.2) is 0 Å². The van der Waals surface area contributed by atoms with E-state index in [1.165, 1.54) is 7.11 Å². The molecule has 1 saturated heterocycles. The number of aliphatic hydroxyl groups is 3. The van der Waals surface area contributed by atoms with Crippen molar-refractivity contribution in [1.29, 1.82) is 0 Å². The topological polar surface area (TPSA) is 105 Å². The Hall–Kier alpha value is -0.240. The highest BCUT2D eigenvalue weighted by Crippen LogP contribution is 2.19. The van der Waals surface area contributed by atoms with E-state index in [1.54, 1.807) is 0 Å². The van der Waals surface area contributed by atoms with Crippen molar-refractivity contribution >= 4 is 0 Å². The van der Waals surface area contributed by atoms with E-state index in [1.807, 2.05) is 0 Å². The molecule has 1 rings (SSSR count). The zero-order valence-electron chi connectivity index (χ0n) is 7.33. The van der Waals surface area contributed by atoms with Crippen LogP contribution in [0, 0.1) is 0 Å². The summed E-state index contributed by atoms with van der Waals surface area (Å²) in [5.74, 6) is 0. The molecule has 6 heteroatoms. The largest absolute Gasteiger partial charge is 0.394 e. The lowest BCUT2D eigenvalue weighted by atomic mass is 9.98. The van der Waals surface area contributed by atoms with Gasteiger partial charge in [-0.1, -0.05) is 0 Å². The minimum atomic E-state index is -1.17. The molecule has 0 aromatic carbocycles. The number of hydrogen-bond acceptors (Lipinski definition) is 6. The molecule has 5 N–H and O–H groups in total. The quantitative estimate of drug-likeness (QED) is 0.383. The molecule has 1 fully saturated rings. The van der Waals surface area contributed by atoms with E-state index in [9.17, 15) is 10.2 Å². The smallest absolute Gasteiger partial charge is 0.175 e. The van der Waals surface area contributed by atoms with Crippen molar-refractivity contribution in [3.8, 4) is 0 Å². The van der Waals surface area contributed by atoms with Crippen molar-refractivity contribution in [2.75, 3.05) is 13.7 Å². The molecule has 0 saturated carbocycles. The average Bonchev–Trinajstić information content (AvgIpc) is 2.15. The molecule has 1 aliphatic heterocycles. The summed E-state index contributed by atoms with van der Waals surface area (Å²) in [6, 6.07) is -0.803. The minimum Gasteiger partial charge on any atom is -0.394 e. The molecule has 1 aliphatic rings. The van der Waals surface area contributed by atoms with Gasteiger partial charge in [-0.3, -0.25) is 0 Å². The average molecular weight is 193 g/mol. The van der Waals surface area contributed by atoms with Gasteiger partial charge in [0.2, 0.25) is 0 Å². The van der Waals surface area contributed by atoms with Gasteiger partial charge in [-0.05, 0) is 0 Å². The number of rotatable bonds is 2. The van der Waals surface area contributed by atoms with Crippen LogP contribution in [0.4, 0.5) is 0 Å². The second-order valence-electron chi connectivity index (χ2n) is 3.02. The molecule has 0 spiro atoms. The fourth-order valence-corrected chi connectivity index (χ4v) is 1.32. The van der Waals surface area contributed by atoms with Crippen LogP contribution < -0.4 is 5.73 Å². The number of methoxy groups -OCH3 is 1. The molecule has 0 amide bonds. The van der Waals surface area contributed by atoms with E-state index in [0.29, 0.717) is 0 Å². The zero-order valence-corrected chi connectivity index (χ0v) is 7.33. The fourth-order valence-electron chi connectivity index (χ4n) is 1.32. The summed E-state index contributed by atoms with van der Waals surface area (Å²) in [4.78, 5) is 0. The van der Waals surface area contributed by atoms with E-state index in [0.717, 1.165) is 0 Å². The molecule has 13 heavy (non-hydrogen) atoms. The first-order chi connectivity index (χ1) is 6.11. The Bertz CT molecular complexity index is 147. The maximum atomic E-state index is 9.40. The third-order valence-corrected chi connectivity index (χ3v) is 2.16. The molecular formula is C7H15NO5. The monoisotopic (exact) mass is 193 g/mol. The van der Waals surface area contributed by atoms with Crippen LogP contribution in [0.3, 0.4) is 0 Å². The molecule has 1 heterocycles. The third-order valence-electron chi connectivity index (χ3n) is 2.16. The van der Waals surface area contributed by atoms with Crippen molar-refractivity contribution < 1.29 is 24.8 Å². The highest BCUT2D eigenvalue weighted by molar-refractivity contribution is 4.91. The third kappa shape index (κ3) is 1.98. The highest BCUT2D eigenvalue weighted by Gasteiger charge is 2.42. The molecular weight excluding hydrogens is 178 g/mol. The van der Waals surface area contributed by atoms with Crippen molar-refractivity contribution in [3.63, 3.8) is 0 Å². The lowest BCUT2D eigenvalue weighted by Crippen LogP contribution is -2.62. The lowest BCUT2D eigenvalue weighted by molar-refractivity contribution is -0.257. The Morgan fingerprint density at radius 3 is 2.46 bits per heavy atom. The standard InChI is InChI=1S/C7H15NO5/c1-12-7-4(8)6(11)5(10)3(2-9)13-7/h3-7,9-11H,2,8H2,1H3/t3?,4-,5+,6?,7+/m1/s1. The fraction of sp³-hybridized carbons (Fsp3) is 1.00. The summed E-state index contributed by atoms with van der Waals surface area (Å²) in [5.41, 5.74) is 5.50. The van der Waals surface area contributed by atoms with Gasteiger partial charge in [0, 0.05) is 7.11 Å². The molecule has 0 bridgehead atoms. The molecule has 0 aromatic rings. The normalized spacial score (nSPS) is 46.4. The van der Waals surface area contributed by atoms with Crippen LogP contribution in [0.5, 0.6) is 0 Å². The van der Waals surface area contributed by atoms with E-state index in [-0.39, 0.29) is 6.61 Å². The van der Waals surface area contributed by atoms with Crippen molar-refractivity contribution in [1.82, 2.24) is 0 Å². The van der Waals surface area contributed by atoms with Gasteiger partial charge in [-0.2, -0.15) is 0 Å². The SMILES string of the molecule is CO[C@H]1OC(CO)[C@H](O)C(O)[C@H]1N. The minimum absolute atomic E-state index is 0.384. The first-order valence-corrected chi connectivity index (χ1v) is 4.02. The van der Waals surface area contributed by atoms with Crippen molar-refractivity contribution in [2.24, 2.45) is 5.73 Å². The van der Waals surface area contributed by atoms with Gasteiger partial charge in [-0.15, -0.1) is 0 Å². The first-order valence-electron chi connectivity index (χ1n) is 4.02. The van der Waals surface area contributed by atoms with Crippen molar-refractivity contribution in [2.45, 2.75) is 30.6 Å². The second kappa shape index (κ2) is 4.32. The molecule has 5 atom stereocenters. The maximum absolute atomic E-state index is 9.40. The van der Waals surface area contributed by atoms with Crippen LogP contribution in [-0.4, -0.2) is 59.7 Å². The van der Waals surface area contributed by atoms with Crippen LogP contribution in [-0.2, 0) is 9.47 Å². The Balaban J connectivity index is 2.66. The van der Waals surface area contributed by atoms with Gasteiger partial charge in [0.25, 0.3) is 0 Å². The predicted molar refractivity (Wildman–Crippen MR) is 42.7 cm³/mol. The van der Waals surface area contributed by atoms with Gasteiger partial charge >= 0.3 is 0 Å². The van der Waals surface area contributed by atoms with Crippen LogP contribution in [0.25, 0.3) is 0 Å². The van der Waals surface area contributed by atoms with Crippen LogP contribution in [0.2, 0.25) is 0 Å². The Morgan fingerprint density at radius 2 is 2.00 bits per heavy atom. The first kappa shape index (κ1) is 10.8. The summed E-state index contributed by atoms with van der Waals surface area (Å²) < 4.78 is 9.90. The Morgan fingerprint density at radius 1 is 1.38 bits per heavy atom. The van der Waals surface area contributed by atoms with Crippen LogP contribution >= 0.6 is 0 Å². The summed E-state index contributed by atoms with van der Waals surface area (Å²) >= 11 is 0. The highest BCUT2D eigenvalue weighted by atomic mass is 16.7. The predicted octanol–water partition coefficient (Wildman–Crippen LogP) is -2.60. The number of hydrogen-bond donors (Lipinski definition) is 4. The van der Waals surface area contributed by atoms with E-state index in [2.05, 4.69) is 0 Å². The lowest BCUT2D eigenvalue weighted by Gasteiger charge is -2.39. The molecule has 78 valence electrons. The second-order valence-corrected chi connectivity index (χ2v) is 3.02. The summed E-state index contributed by atoms with van der Waals surface area (Å²) in [7, 11) is 1.38. The summed E-state index contributed by atoms with van der Waals surface area (Å²) in [5, 5.41) is 27.5. The number of nitrogens with two attached hydrogens (primary N) is 1. The molecule has 0 aliphatic carbocycles. The van der Waals surface area contributed by atoms with Gasteiger partial charge in [0.15, 0.2) is 6.29 Å². The van der Waals surface area contributed by atoms with E-state index >= 15 is 0 Å². The Labute approximate surface area is 75.9 Å². The van der Waals surface area contributed by atoms with E-state index in [4.69, 9.17) is 20.3 Å². The summed E-state index contributed by atoms with van der Waals surface area (Å²) in [6.07, 6.45) is -3.96. The van der Waals surface area contributed by atoms with Gasteiger partial charge in [0.05, 0.1) is 12.6 Å². The number of aliphatic hydroxyl groups excluding tert-OH is 3. The van der Waals surface area contributed by atoms with Gasteiger partial charge in [-0.25, -0.2) is 0 Å². The van der Waals surface area contributed by atoms with Crippen LogP contribution in [0.1, 0.15) is 0 Å². The number of ether oxygens (including phenoxy) is 2. The Kier molecular flexibility index (Phi) is 3.60. The molecule has 0 aromatic heterocycles. The molecule has 0 radical (unpaired) electrons.